The first kappa shape index (κ1) is 35.5. The molecule has 0 aliphatic carbocycles. The number of aliphatic hydroxyl groups is 1. The Bertz CT molecular complexity index is 1360. The Morgan fingerprint density at radius 2 is 1.51 bits per heavy atom. The van der Waals surface area contributed by atoms with E-state index in [0.717, 1.165) is 56.1 Å². The van der Waals surface area contributed by atoms with Crippen LogP contribution >= 0.6 is 0 Å². The number of ether oxygens (including phenoxy) is 8. The molecular formula is C40H59NO10. The van der Waals surface area contributed by atoms with E-state index in [2.05, 4.69) is 27.0 Å². The van der Waals surface area contributed by atoms with Gasteiger partial charge in [0.15, 0.2) is 5.79 Å². The maximum absolute atomic E-state index is 14.0. The second kappa shape index (κ2) is 13.8. The molecule has 0 aromatic carbocycles. The minimum Gasteiger partial charge on any atom is -0.392 e. The quantitative estimate of drug-likeness (QED) is 0.410. The number of hydrogen-bond acceptors (Lipinski definition) is 11. The molecule has 0 amide bonds. The number of hydrogen-bond donors (Lipinski definition) is 2. The van der Waals surface area contributed by atoms with Crippen LogP contribution in [0.3, 0.4) is 0 Å². The van der Waals surface area contributed by atoms with Gasteiger partial charge in [0.25, 0.3) is 0 Å². The predicted octanol–water partition coefficient (Wildman–Crippen LogP) is 4.06. The highest BCUT2D eigenvalue weighted by molar-refractivity contribution is 5.79. The lowest BCUT2D eigenvalue weighted by Crippen LogP contribution is -2.61. The first-order valence-electron chi connectivity index (χ1n) is 20.1. The van der Waals surface area contributed by atoms with Crippen molar-refractivity contribution < 1.29 is 47.8 Å². The topological polar surface area (TPSA) is 137 Å². The Kier molecular flexibility index (Phi) is 9.59. The highest BCUT2D eigenvalue weighted by Gasteiger charge is 2.68. The number of Topliss-reactive ketones (excluding diaryl/α,β-unsaturated/α-hetero) is 1. The Hall–Kier alpha value is -1.25. The second-order valence-corrected chi connectivity index (χ2v) is 17.6. The predicted molar refractivity (Wildman–Crippen MR) is 185 cm³/mol. The van der Waals surface area contributed by atoms with E-state index >= 15 is 0 Å². The van der Waals surface area contributed by atoms with Crippen molar-refractivity contribution >= 4 is 5.78 Å². The molecule has 10 rings (SSSR count). The van der Waals surface area contributed by atoms with Gasteiger partial charge >= 0.3 is 0 Å². The zero-order chi connectivity index (χ0) is 35.2. The van der Waals surface area contributed by atoms with Gasteiger partial charge in [-0.2, -0.15) is 0 Å². The molecule has 0 saturated carbocycles. The van der Waals surface area contributed by atoms with Gasteiger partial charge in [0.05, 0.1) is 61.0 Å². The van der Waals surface area contributed by atoms with E-state index in [0.29, 0.717) is 44.4 Å². The standard InChI is InChI=1S/C40H59NO10/c1-19-11-25-5-7-29-20(2)12-27(44-29)9-10-40-17-34-36(50-40)37-38(49-34)39(51-40)35-30(48-37)8-6-26(46-35)13-23(42)14-28-22(4)31(15-24(43)18-41)47-33(28)16-32(45-25)21(19)3/h19,22,24-39,43H,2-3,5-18,41H2,1,4H3/t19-,22-,24+,25+,26?,27+,28-,29?,30+,31-,32?,33+,34-,35+,36+,37+,38-,39?,40+/m1/s1. The highest BCUT2D eigenvalue weighted by Crippen LogP contribution is 2.54. The number of nitrogens with two attached hydrogens (primary N) is 1. The zero-order valence-corrected chi connectivity index (χ0v) is 30.4. The van der Waals surface area contributed by atoms with Crippen molar-refractivity contribution in [1.82, 2.24) is 0 Å². The minimum atomic E-state index is -0.765. The molecule has 10 heterocycles. The van der Waals surface area contributed by atoms with Gasteiger partial charge in [0.1, 0.15) is 36.3 Å². The Balaban J connectivity index is 0.986. The average molecular weight is 714 g/mol. The Morgan fingerprint density at radius 3 is 2.35 bits per heavy atom. The maximum Gasteiger partial charge on any atom is 0.172 e. The Labute approximate surface area is 302 Å². The van der Waals surface area contributed by atoms with Crippen LogP contribution in [0.5, 0.6) is 0 Å². The van der Waals surface area contributed by atoms with Crippen molar-refractivity contribution in [3.63, 3.8) is 0 Å². The first-order valence-corrected chi connectivity index (χ1v) is 20.1. The lowest BCUT2D eigenvalue weighted by molar-refractivity contribution is -0.292. The van der Waals surface area contributed by atoms with Gasteiger partial charge < -0.3 is 48.7 Å². The summed E-state index contributed by atoms with van der Waals surface area (Å²) in [7, 11) is 0. The monoisotopic (exact) mass is 713 g/mol. The summed E-state index contributed by atoms with van der Waals surface area (Å²) in [5, 5.41) is 10.5. The van der Waals surface area contributed by atoms with E-state index in [9.17, 15) is 9.90 Å². The average Bonchev–Trinajstić information content (AvgIpc) is 3.77. The largest absolute Gasteiger partial charge is 0.392 e. The highest BCUT2D eigenvalue weighted by atomic mass is 16.8. The molecule has 0 aromatic rings. The minimum absolute atomic E-state index is 0.00127. The van der Waals surface area contributed by atoms with E-state index in [1.54, 1.807) is 0 Å². The van der Waals surface area contributed by atoms with Gasteiger partial charge in [-0.25, -0.2) is 0 Å². The normalized spacial score (nSPS) is 53.2. The van der Waals surface area contributed by atoms with Crippen molar-refractivity contribution in [3.05, 3.63) is 24.3 Å². The van der Waals surface area contributed by atoms with Gasteiger partial charge in [-0.15, -0.1) is 0 Å². The maximum atomic E-state index is 14.0. The molecule has 11 heteroatoms. The molecule has 4 unspecified atom stereocenters. The number of rotatable bonds is 3. The number of fused-ring (bicyclic) bond motifs is 6. The number of carbonyl (C=O) groups excluding carboxylic acids is 1. The summed E-state index contributed by atoms with van der Waals surface area (Å²) in [5.41, 5.74) is 8.06. The molecular weight excluding hydrogens is 654 g/mol. The van der Waals surface area contributed by atoms with Gasteiger partial charge in [-0.05, 0) is 73.8 Å². The fourth-order valence-electron chi connectivity index (χ4n) is 11.3. The first-order chi connectivity index (χ1) is 24.6. The van der Waals surface area contributed by atoms with E-state index in [1.165, 1.54) is 0 Å². The third-order valence-electron chi connectivity index (χ3n) is 14.2. The number of ketones is 1. The van der Waals surface area contributed by atoms with E-state index in [-0.39, 0.29) is 110 Å². The summed E-state index contributed by atoms with van der Waals surface area (Å²) in [6.45, 7) is 13.5. The third-order valence-corrected chi connectivity index (χ3v) is 14.2. The van der Waals surface area contributed by atoms with Crippen LogP contribution in [0.15, 0.2) is 24.3 Å². The van der Waals surface area contributed by atoms with Gasteiger partial charge in [0, 0.05) is 45.1 Å². The van der Waals surface area contributed by atoms with Crippen LogP contribution in [-0.4, -0.2) is 115 Å². The lowest BCUT2D eigenvalue weighted by atomic mass is 9.78. The SMILES string of the molecule is C=C1C[C@@H]2CC[C@@]34C[C@H]5O[C@H]6C(O3)[C@H]3OC(CC[C@@H]3O[C@H]6[C@H]5O4)CC(=O)C[C@@H]3[C@@H](C)[C@@H](C[C@H](O)CN)O[C@H]3CC3O[C@@H](CCC1O2)C[C@@H](C)C3=C. The van der Waals surface area contributed by atoms with Crippen molar-refractivity contribution in [3.8, 4) is 0 Å². The van der Waals surface area contributed by atoms with Crippen LogP contribution < -0.4 is 5.73 Å². The van der Waals surface area contributed by atoms with Crippen LogP contribution in [0.1, 0.15) is 97.3 Å². The Morgan fingerprint density at radius 1 is 0.765 bits per heavy atom. The summed E-state index contributed by atoms with van der Waals surface area (Å²) in [6, 6.07) is 0. The van der Waals surface area contributed by atoms with E-state index in [1.807, 2.05) is 0 Å². The molecule has 10 aliphatic rings. The molecule has 12 bridgehead atoms. The van der Waals surface area contributed by atoms with Gasteiger partial charge in [-0.3, -0.25) is 4.79 Å². The summed E-state index contributed by atoms with van der Waals surface area (Å²) in [6.07, 6.45) is 6.43. The van der Waals surface area contributed by atoms with Gasteiger partial charge in [0.2, 0.25) is 0 Å². The summed E-state index contributed by atoms with van der Waals surface area (Å²) in [4.78, 5) is 14.0. The van der Waals surface area contributed by atoms with Gasteiger partial charge in [-0.1, -0.05) is 27.0 Å². The molecule has 10 fully saturated rings. The summed E-state index contributed by atoms with van der Waals surface area (Å²) >= 11 is 0. The smallest absolute Gasteiger partial charge is 0.172 e. The second-order valence-electron chi connectivity index (χ2n) is 17.6. The molecule has 0 aromatic heterocycles. The lowest BCUT2D eigenvalue weighted by Gasteiger charge is -2.47. The third kappa shape index (κ3) is 6.53. The van der Waals surface area contributed by atoms with E-state index < -0.39 is 11.9 Å². The molecule has 1 spiro atoms. The van der Waals surface area contributed by atoms with Crippen molar-refractivity contribution in [2.45, 2.75) is 195 Å². The number of aliphatic hydroxyl groups excluding tert-OH is 1. The fourth-order valence-corrected chi connectivity index (χ4v) is 11.3. The van der Waals surface area contributed by atoms with Crippen LogP contribution in [-0.2, 0) is 42.7 Å². The molecule has 3 N–H and O–H groups in total. The van der Waals surface area contributed by atoms with Crippen molar-refractivity contribution in [2.75, 3.05) is 6.54 Å². The molecule has 19 atom stereocenters. The summed E-state index contributed by atoms with van der Waals surface area (Å²) < 4.78 is 54.0. The molecule has 11 nitrogen and oxygen atoms in total. The van der Waals surface area contributed by atoms with Crippen molar-refractivity contribution in [2.24, 2.45) is 23.5 Å². The van der Waals surface area contributed by atoms with Crippen LogP contribution in [0.2, 0.25) is 0 Å². The number of carbonyl (C=O) groups is 1. The van der Waals surface area contributed by atoms with Crippen LogP contribution in [0.25, 0.3) is 0 Å². The molecule has 10 aliphatic heterocycles. The molecule has 10 saturated heterocycles. The fraction of sp³-hybridized carbons (Fsp3) is 0.875. The molecule has 284 valence electrons. The molecule has 51 heavy (non-hydrogen) atoms. The summed E-state index contributed by atoms with van der Waals surface area (Å²) in [5.74, 6) is -0.222. The van der Waals surface area contributed by atoms with Crippen molar-refractivity contribution in [1.29, 1.82) is 0 Å². The van der Waals surface area contributed by atoms with E-state index in [4.69, 9.17) is 43.6 Å². The van der Waals surface area contributed by atoms with Crippen LogP contribution in [0, 0.1) is 17.8 Å². The molecule has 0 radical (unpaired) electrons. The van der Waals surface area contributed by atoms with Crippen LogP contribution in [0.4, 0.5) is 0 Å². The zero-order valence-electron chi connectivity index (χ0n) is 30.4.